The zero-order chi connectivity index (χ0) is 13.8. The van der Waals surface area contributed by atoms with E-state index >= 15 is 0 Å². The van der Waals surface area contributed by atoms with Crippen LogP contribution in [0.1, 0.15) is 25.7 Å². The zero-order valence-corrected chi connectivity index (χ0v) is 9.63. The molecule has 3 N–H and O–H groups in total. The Morgan fingerprint density at radius 1 is 1.33 bits per heavy atom. The number of carbonyl (C=O) groups is 2. The molecule has 2 atom stereocenters. The van der Waals surface area contributed by atoms with Gasteiger partial charge in [0, 0.05) is 5.92 Å². The highest BCUT2D eigenvalue weighted by molar-refractivity contribution is 5.78. The molecule has 5 nitrogen and oxygen atoms in total. The summed E-state index contributed by atoms with van der Waals surface area (Å²) in [6, 6.07) is 0. The van der Waals surface area contributed by atoms with E-state index in [1.807, 2.05) is 5.48 Å². The Morgan fingerprint density at radius 2 is 2.00 bits per heavy atom. The molecule has 0 radical (unpaired) electrons. The third-order valence-corrected chi connectivity index (χ3v) is 2.90. The quantitative estimate of drug-likeness (QED) is 0.743. The van der Waals surface area contributed by atoms with E-state index in [2.05, 4.69) is 4.84 Å². The van der Waals surface area contributed by atoms with Crippen molar-refractivity contribution >= 4 is 11.8 Å². The van der Waals surface area contributed by atoms with Crippen LogP contribution in [0, 0.1) is 11.8 Å². The van der Waals surface area contributed by atoms with Gasteiger partial charge >= 0.3 is 6.18 Å². The third kappa shape index (κ3) is 4.52. The molecule has 0 bridgehead atoms. The Morgan fingerprint density at radius 3 is 2.56 bits per heavy atom. The van der Waals surface area contributed by atoms with E-state index in [1.54, 1.807) is 0 Å². The molecule has 0 heterocycles. The average molecular weight is 268 g/mol. The lowest BCUT2D eigenvalue weighted by atomic mass is 9.81. The summed E-state index contributed by atoms with van der Waals surface area (Å²) in [5.41, 5.74) is 6.72. The van der Waals surface area contributed by atoms with Crippen LogP contribution >= 0.6 is 0 Å². The number of hydrogen-bond donors (Lipinski definition) is 2. The van der Waals surface area contributed by atoms with Crippen molar-refractivity contribution < 1.29 is 27.6 Å². The number of hydroxylamine groups is 1. The minimum absolute atomic E-state index is 0.0510. The second-order valence-corrected chi connectivity index (χ2v) is 4.32. The van der Waals surface area contributed by atoms with Crippen molar-refractivity contribution in [3.63, 3.8) is 0 Å². The van der Waals surface area contributed by atoms with Gasteiger partial charge in [0.2, 0.25) is 11.8 Å². The largest absolute Gasteiger partial charge is 0.391 e. The van der Waals surface area contributed by atoms with Gasteiger partial charge in [0.1, 0.15) is 0 Å². The summed E-state index contributed by atoms with van der Waals surface area (Å²) in [6.07, 6.45) is -3.73. The van der Waals surface area contributed by atoms with Crippen molar-refractivity contribution in [2.24, 2.45) is 17.6 Å². The Bertz CT molecular complexity index is 320. The van der Waals surface area contributed by atoms with Crippen LogP contribution in [-0.4, -0.2) is 24.6 Å². The highest BCUT2D eigenvalue weighted by atomic mass is 19.4. The first-order valence-corrected chi connectivity index (χ1v) is 5.57. The van der Waals surface area contributed by atoms with E-state index in [0.29, 0.717) is 12.8 Å². The van der Waals surface area contributed by atoms with E-state index < -0.39 is 36.4 Å². The van der Waals surface area contributed by atoms with Gasteiger partial charge < -0.3 is 5.73 Å². The van der Waals surface area contributed by atoms with E-state index in [0.717, 1.165) is 0 Å². The number of amides is 2. The van der Waals surface area contributed by atoms with Gasteiger partial charge in [0.25, 0.3) is 0 Å². The number of carbonyl (C=O) groups excluding carboxylic acids is 2. The van der Waals surface area contributed by atoms with E-state index in [4.69, 9.17) is 5.73 Å². The van der Waals surface area contributed by atoms with Crippen LogP contribution in [0.25, 0.3) is 0 Å². The predicted molar refractivity (Wildman–Crippen MR) is 54.8 cm³/mol. The summed E-state index contributed by atoms with van der Waals surface area (Å²) >= 11 is 0. The van der Waals surface area contributed by atoms with Crippen molar-refractivity contribution in [2.45, 2.75) is 31.9 Å². The lowest BCUT2D eigenvalue weighted by Crippen LogP contribution is -2.38. The third-order valence-electron chi connectivity index (χ3n) is 2.90. The zero-order valence-electron chi connectivity index (χ0n) is 9.63. The number of primary amides is 1. The van der Waals surface area contributed by atoms with E-state index in [9.17, 15) is 22.8 Å². The van der Waals surface area contributed by atoms with Crippen molar-refractivity contribution in [2.75, 3.05) is 6.61 Å². The maximum atomic E-state index is 12.5. The highest BCUT2D eigenvalue weighted by Gasteiger charge is 2.43. The fraction of sp³-hybridized carbons (Fsp3) is 0.800. The van der Waals surface area contributed by atoms with Crippen molar-refractivity contribution in [1.82, 2.24) is 5.48 Å². The summed E-state index contributed by atoms with van der Waals surface area (Å²) < 4.78 is 37.5. The standard InChI is InChI=1S/C10H15F3N2O3/c11-10(12,13)7-3-1-2-6(4-7)9(17)15-18-5-8(14)16/h6-7H,1-5H2,(H2,14,16)(H,15,17). The molecular weight excluding hydrogens is 253 g/mol. The smallest absolute Gasteiger partial charge is 0.368 e. The van der Waals surface area contributed by atoms with Crippen molar-refractivity contribution in [3.8, 4) is 0 Å². The molecule has 1 aliphatic rings. The minimum Gasteiger partial charge on any atom is -0.368 e. The van der Waals surface area contributed by atoms with Crippen LogP contribution in [0.4, 0.5) is 13.2 Å². The molecule has 1 fully saturated rings. The average Bonchev–Trinajstić information content (AvgIpc) is 2.27. The number of nitrogens with one attached hydrogen (secondary N) is 1. The Kier molecular flexibility index (Phi) is 4.94. The minimum atomic E-state index is -4.27. The normalized spacial score (nSPS) is 24.6. The topological polar surface area (TPSA) is 81.4 Å². The second kappa shape index (κ2) is 6.03. The first-order valence-electron chi connectivity index (χ1n) is 5.57. The summed E-state index contributed by atoms with van der Waals surface area (Å²) in [5, 5.41) is 0. The van der Waals surface area contributed by atoms with Gasteiger partial charge in [-0.25, -0.2) is 5.48 Å². The molecule has 0 aromatic heterocycles. The molecule has 1 saturated carbocycles. The molecule has 1 aliphatic carbocycles. The molecule has 8 heteroatoms. The molecule has 0 aromatic rings. The van der Waals surface area contributed by atoms with Crippen LogP contribution in [-0.2, 0) is 14.4 Å². The molecule has 0 saturated heterocycles. The van der Waals surface area contributed by atoms with Crippen LogP contribution < -0.4 is 11.2 Å². The predicted octanol–water partition coefficient (Wildman–Crippen LogP) is 0.888. The lowest BCUT2D eigenvalue weighted by molar-refractivity contribution is -0.187. The van der Waals surface area contributed by atoms with Crippen LogP contribution in [0.5, 0.6) is 0 Å². The molecular formula is C10H15F3N2O3. The number of halogens is 3. The summed E-state index contributed by atoms with van der Waals surface area (Å²) in [4.78, 5) is 26.3. The molecule has 0 aromatic carbocycles. The maximum absolute atomic E-state index is 12.5. The van der Waals surface area contributed by atoms with Gasteiger partial charge in [0.15, 0.2) is 6.61 Å². The van der Waals surface area contributed by atoms with E-state index in [-0.39, 0.29) is 12.8 Å². The Labute approximate surface area is 102 Å². The number of hydrogen-bond acceptors (Lipinski definition) is 3. The van der Waals surface area contributed by atoms with Gasteiger partial charge in [-0.05, 0) is 19.3 Å². The first-order chi connectivity index (χ1) is 8.30. The number of alkyl halides is 3. The van der Waals surface area contributed by atoms with Crippen molar-refractivity contribution in [1.29, 1.82) is 0 Å². The molecule has 1 rings (SSSR count). The molecule has 2 amide bonds. The molecule has 18 heavy (non-hydrogen) atoms. The van der Waals surface area contributed by atoms with Crippen LogP contribution in [0.2, 0.25) is 0 Å². The maximum Gasteiger partial charge on any atom is 0.391 e. The van der Waals surface area contributed by atoms with Gasteiger partial charge in [0.05, 0.1) is 5.92 Å². The number of nitrogens with two attached hydrogens (primary N) is 1. The second-order valence-electron chi connectivity index (χ2n) is 4.32. The molecule has 104 valence electrons. The monoisotopic (exact) mass is 268 g/mol. The fourth-order valence-electron chi connectivity index (χ4n) is 1.99. The highest BCUT2D eigenvalue weighted by Crippen LogP contribution is 2.39. The van der Waals surface area contributed by atoms with Gasteiger partial charge in [-0.15, -0.1) is 0 Å². The van der Waals surface area contributed by atoms with Crippen LogP contribution in [0.3, 0.4) is 0 Å². The summed E-state index contributed by atoms with van der Waals surface area (Å²) in [7, 11) is 0. The fourth-order valence-corrected chi connectivity index (χ4v) is 1.99. The first kappa shape index (κ1) is 14.7. The molecule has 0 aliphatic heterocycles. The lowest BCUT2D eigenvalue weighted by Gasteiger charge is -2.29. The van der Waals surface area contributed by atoms with Gasteiger partial charge in [-0.1, -0.05) is 6.42 Å². The van der Waals surface area contributed by atoms with E-state index in [1.165, 1.54) is 0 Å². The van der Waals surface area contributed by atoms with Crippen molar-refractivity contribution in [3.05, 3.63) is 0 Å². The Hall–Kier alpha value is -1.31. The number of rotatable bonds is 4. The van der Waals surface area contributed by atoms with Gasteiger partial charge in [-0.2, -0.15) is 13.2 Å². The molecule has 2 unspecified atom stereocenters. The summed E-state index contributed by atoms with van der Waals surface area (Å²) in [6.45, 7) is -0.499. The summed E-state index contributed by atoms with van der Waals surface area (Å²) in [5.74, 6) is -3.59. The Balaban J connectivity index is 2.41. The molecule has 0 spiro atoms. The van der Waals surface area contributed by atoms with Gasteiger partial charge in [-0.3, -0.25) is 14.4 Å². The van der Waals surface area contributed by atoms with Crippen LogP contribution in [0.15, 0.2) is 0 Å². The SMILES string of the molecule is NC(=O)CONC(=O)C1CCCC(C(F)(F)F)C1.